The second-order valence-electron chi connectivity index (χ2n) is 33.7. The van der Waals surface area contributed by atoms with Crippen molar-refractivity contribution in [3.8, 4) is 0 Å². The maximum absolute atomic E-state index is 14.9. The normalized spacial score (nSPS) is 15.8. The predicted molar refractivity (Wildman–Crippen MR) is 519 cm³/mol. The number of aliphatic hydroxyl groups is 4. The Balaban J connectivity index is 2.67. The van der Waals surface area contributed by atoms with Crippen molar-refractivity contribution >= 4 is 154 Å². The average molecular weight is 2070 g/mol. The van der Waals surface area contributed by atoms with Crippen LogP contribution in [0.5, 0.6) is 0 Å². The highest BCUT2D eigenvalue weighted by Gasteiger charge is 2.44. The van der Waals surface area contributed by atoms with Crippen molar-refractivity contribution in [1.82, 2.24) is 121 Å². The summed E-state index contributed by atoms with van der Waals surface area (Å²) in [6, 6.07) is -26.8. The predicted octanol–water partition coefficient (Wildman–Crippen LogP) is -18.7. The van der Waals surface area contributed by atoms with Crippen molar-refractivity contribution in [2.24, 2.45) is 63.1 Å². The Morgan fingerprint density at radius 1 is 0.255 bits per heavy atom. The number of guanidine groups is 8. The van der Waals surface area contributed by atoms with Gasteiger partial charge in [0, 0.05) is 78.3 Å². The highest BCUT2D eigenvalue weighted by molar-refractivity contribution is 6.02. The molecule has 65 heteroatoms. The molecule has 2 heterocycles. The van der Waals surface area contributed by atoms with Crippen LogP contribution in [-0.2, 0) is 86.3 Å². The van der Waals surface area contributed by atoms with Gasteiger partial charge >= 0.3 is 5.97 Å². The molecule has 816 valence electrons. The van der Waals surface area contributed by atoms with Crippen LogP contribution in [0.3, 0.4) is 0 Å². The number of carboxylic acid groups (broad SMARTS) is 1. The second-order valence-corrected chi connectivity index (χ2v) is 33.7. The summed E-state index contributed by atoms with van der Waals surface area (Å²) in [5, 5.41) is 164. The molecule has 0 aliphatic carbocycles. The van der Waals surface area contributed by atoms with Crippen molar-refractivity contribution in [1.29, 1.82) is 43.3 Å². The maximum atomic E-state index is 14.9. The number of nitrogens with one attached hydrogen (secondary N) is 29. The molecule has 2 saturated heterocycles. The first kappa shape index (κ1) is 125. The quantitative estimate of drug-likeness (QED) is 0.0153. The van der Waals surface area contributed by atoms with Crippen LogP contribution in [0.15, 0.2) is 0 Å². The third-order valence-electron chi connectivity index (χ3n) is 22.2. The second kappa shape index (κ2) is 67.8. The molecule has 65 nitrogen and oxygen atoms in total. The van der Waals surface area contributed by atoms with E-state index in [1.165, 1.54) is 0 Å². The first-order chi connectivity index (χ1) is 68.5. The molecular weight excluding hydrogens is 1920 g/mol. The first-order valence-corrected chi connectivity index (χ1v) is 46.7. The molecule has 145 heavy (non-hydrogen) atoms. The van der Waals surface area contributed by atoms with Crippen molar-refractivity contribution in [2.45, 2.75) is 251 Å². The van der Waals surface area contributed by atoms with Crippen LogP contribution in [0, 0.1) is 43.3 Å². The molecular formula is C80H148N42O23. The van der Waals surface area contributed by atoms with E-state index in [9.17, 15) is 112 Å². The van der Waals surface area contributed by atoms with Crippen LogP contribution in [0.25, 0.3) is 0 Å². The number of nitrogens with zero attached hydrogens (tertiary/aromatic N) is 2. The minimum absolute atomic E-state index is 0.00562. The Hall–Kier alpha value is -15.6. The number of carbonyl (C=O) groups excluding carboxylic acids is 17. The summed E-state index contributed by atoms with van der Waals surface area (Å²) < 4.78 is 0. The van der Waals surface area contributed by atoms with E-state index < -0.39 is 303 Å². The molecule has 0 aromatic rings. The number of carboxylic acids is 1. The molecule has 16 atom stereocenters. The van der Waals surface area contributed by atoms with Crippen LogP contribution < -0.4 is 175 Å². The average Bonchev–Trinajstić information content (AvgIpc) is 1.74. The molecule has 0 spiro atoms. The van der Waals surface area contributed by atoms with Gasteiger partial charge in [-0.15, -0.1) is 0 Å². The van der Waals surface area contributed by atoms with Gasteiger partial charge in [-0.3, -0.25) is 125 Å². The summed E-state index contributed by atoms with van der Waals surface area (Å²) in [5.74, 6) is -23.9. The van der Waals surface area contributed by atoms with Gasteiger partial charge in [-0.1, -0.05) is 0 Å². The number of primary amides is 2. The number of rotatable bonds is 71. The van der Waals surface area contributed by atoms with Gasteiger partial charge in [0.15, 0.2) is 47.7 Å². The number of hydrogen-bond acceptors (Lipinski definition) is 31. The van der Waals surface area contributed by atoms with Gasteiger partial charge in [0.25, 0.3) is 0 Å². The Kier molecular flexibility index (Phi) is 58.6. The van der Waals surface area contributed by atoms with E-state index in [0.29, 0.717) is 6.42 Å². The van der Waals surface area contributed by atoms with Crippen LogP contribution >= 0.6 is 0 Å². The Labute approximate surface area is 833 Å². The fourth-order valence-electron chi connectivity index (χ4n) is 14.7. The Morgan fingerprint density at radius 2 is 0.441 bits per heavy atom. The number of carbonyl (C=O) groups is 18. The SMILES string of the molecule is N=C(N)NCCC[C@H](NC(=O)[C@H](CCCNC(=N)N)NC(=O)[C@H](CCCNC(=N)N)NC(=O)[C@H](CCCNC(=N)N)NC(=O)[C@@H]1CCCN1C(=O)[C@H](CO)NC(=O)[C@H](CCC(N)=O)NC(=O)[C@H](CO)NC(=O)[C@H](CCCNC(=N)N)NC(=O)[C@H](CCCNC(=N)N)NC(=O)[C@H](CCCNC(=N)N)NC(=O)[C@H](CCCNC(=N)N)NC(=O)[C@@H]1CCCN1C(=O)[C@@H](N)CO)C(=O)N[C@@H](CO)C(=O)N[C@@H](CCC(N)=O)C(=O)O. The Morgan fingerprint density at radius 3 is 0.648 bits per heavy atom. The fourth-order valence-corrected chi connectivity index (χ4v) is 14.7. The van der Waals surface area contributed by atoms with E-state index in [-0.39, 0.29) is 187 Å². The minimum Gasteiger partial charge on any atom is -0.480 e. The lowest BCUT2D eigenvalue weighted by Crippen LogP contribution is -2.61. The van der Waals surface area contributed by atoms with E-state index in [4.69, 9.17) is 106 Å². The fraction of sp³-hybridized carbons (Fsp3) is 0.675. The summed E-state index contributed by atoms with van der Waals surface area (Å²) in [4.78, 5) is 254. The molecule has 0 radical (unpaired) electrons. The molecule has 17 amide bonds. The number of nitrogens with two attached hydrogens (primary N) is 11. The lowest BCUT2D eigenvalue weighted by Gasteiger charge is -2.30. The Bertz CT molecular complexity index is 4440. The van der Waals surface area contributed by atoms with Gasteiger partial charge in [0.1, 0.15) is 96.7 Å². The molecule has 2 aliphatic rings. The van der Waals surface area contributed by atoms with Gasteiger partial charge < -0.3 is 210 Å². The topological polar surface area (TPSA) is 1140 Å². The molecule has 56 N–H and O–H groups in total. The zero-order valence-electron chi connectivity index (χ0n) is 80.4. The molecule has 0 aromatic heterocycles. The largest absolute Gasteiger partial charge is 0.480 e. The first-order valence-electron chi connectivity index (χ1n) is 46.7. The van der Waals surface area contributed by atoms with Crippen molar-refractivity contribution in [2.75, 3.05) is 91.9 Å². The molecule has 2 rings (SSSR count). The summed E-state index contributed by atoms with van der Waals surface area (Å²) in [7, 11) is 0. The van der Waals surface area contributed by atoms with E-state index >= 15 is 0 Å². The highest BCUT2D eigenvalue weighted by Crippen LogP contribution is 2.22. The maximum Gasteiger partial charge on any atom is 0.326 e. The number of amides is 17. The molecule has 2 fully saturated rings. The van der Waals surface area contributed by atoms with Crippen LogP contribution in [0.4, 0.5) is 0 Å². The molecule has 0 saturated carbocycles. The molecule has 0 aromatic carbocycles. The zero-order valence-corrected chi connectivity index (χ0v) is 80.4. The van der Waals surface area contributed by atoms with Gasteiger partial charge in [-0.05, 0) is 141 Å². The molecule has 0 unspecified atom stereocenters. The molecule has 2 aliphatic heterocycles. The van der Waals surface area contributed by atoms with E-state index in [1.54, 1.807) is 0 Å². The number of aliphatic hydroxyl groups excluding tert-OH is 4. The van der Waals surface area contributed by atoms with Crippen molar-refractivity contribution in [3.05, 3.63) is 0 Å². The third kappa shape index (κ3) is 50.1. The number of aliphatic carboxylic acids is 1. The standard InChI is InChI=1S/C80H148N42O23/c81-39(35-123)70(142)121-33-9-19-53(121)68(140)115-46(17-7-31-106-79(96)97)61(133)110-42(13-3-27-102-75(88)89)57(129)108-40(11-1-25-100-73(84)85)59(131)112-44(15-5-29-104-77(92)93)63(135)118-50(36-124)66(138)114-48(21-23-55(82)127)65(137)120-52(38-126)71(143)122-34-10-20-54(122)69(141)116-47(18-8-32-107-80(98)99)62(134)111-43(14-4-28-103-76(90)91)58(130)109-41(12-2-26-101-74(86)87)60(132)113-45(16-6-30-105-78(94)95)64(136)119-51(37-125)67(139)117-49(72(144)145)22-24-56(83)128/h39-54,123-126H,1-38,81H2,(H2,82,127)(H2,83,128)(H,108,129)(H,109,130)(H,110,133)(H,111,134)(H,112,131)(H,113,132)(H,114,138)(H,115,140)(H,116,141)(H,117,139)(H,118,135)(H,119,136)(H,120,137)(H,144,145)(H4,84,85,100)(H4,86,87,101)(H4,88,89,102)(H4,90,91,103)(H4,92,93,104)(H4,94,95,105)(H4,96,97,106)(H4,98,99,107)/t39-,40-,41-,42-,43-,44-,45-,46-,47-,48-,49-,50-,51-,52-,53-,54-/m0/s1. The van der Waals surface area contributed by atoms with Crippen molar-refractivity contribution < 1.29 is 112 Å². The lowest BCUT2D eigenvalue weighted by molar-refractivity contribution is -0.143. The van der Waals surface area contributed by atoms with Crippen molar-refractivity contribution in [3.63, 3.8) is 0 Å². The zero-order chi connectivity index (χ0) is 109. The monoisotopic (exact) mass is 2070 g/mol. The van der Waals surface area contributed by atoms with Gasteiger partial charge in [-0.2, -0.15) is 0 Å². The summed E-state index contributed by atoms with van der Waals surface area (Å²) >= 11 is 0. The summed E-state index contributed by atoms with van der Waals surface area (Å²) in [6.45, 7) is -5.20. The lowest BCUT2D eigenvalue weighted by atomic mass is 10.0. The van der Waals surface area contributed by atoms with Crippen LogP contribution in [-0.4, -0.2) is 378 Å². The number of hydrogen-bond donors (Lipinski definition) is 45. The van der Waals surface area contributed by atoms with E-state index in [0.717, 1.165) is 9.80 Å². The molecule has 0 bridgehead atoms. The van der Waals surface area contributed by atoms with Gasteiger partial charge in [-0.25, -0.2) is 4.79 Å². The van der Waals surface area contributed by atoms with E-state index in [2.05, 4.69) is 112 Å². The number of likely N-dealkylation sites (tertiary alicyclic amines) is 2. The van der Waals surface area contributed by atoms with E-state index in [1.807, 2.05) is 0 Å². The minimum atomic E-state index is -2.07. The summed E-state index contributed by atoms with van der Waals surface area (Å²) in [5.41, 5.74) is 60.6. The van der Waals surface area contributed by atoms with Gasteiger partial charge in [0.05, 0.1) is 26.4 Å². The van der Waals surface area contributed by atoms with Crippen LogP contribution in [0.1, 0.15) is 154 Å². The third-order valence-corrected chi connectivity index (χ3v) is 22.2. The van der Waals surface area contributed by atoms with Gasteiger partial charge in [0.2, 0.25) is 100 Å². The highest BCUT2D eigenvalue weighted by atomic mass is 16.4. The smallest absolute Gasteiger partial charge is 0.326 e. The van der Waals surface area contributed by atoms with Crippen LogP contribution in [0.2, 0.25) is 0 Å². The summed E-state index contributed by atoms with van der Waals surface area (Å²) in [6.07, 6.45) is -4.69.